The molecular formula is C32H42O6. The van der Waals surface area contributed by atoms with Crippen molar-refractivity contribution in [2.45, 2.75) is 25.6 Å². The molecule has 0 saturated heterocycles. The second-order valence-corrected chi connectivity index (χ2v) is 9.00. The van der Waals surface area contributed by atoms with E-state index < -0.39 is 5.60 Å². The van der Waals surface area contributed by atoms with E-state index in [4.69, 9.17) is 28.4 Å². The molecule has 3 aromatic carbocycles. The first-order valence-corrected chi connectivity index (χ1v) is 13.5. The lowest BCUT2D eigenvalue weighted by molar-refractivity contribution is -0.0397. The highest BCUT2D eigenvalue weighted by molar-refractivity contribution is 5.47. The van der Waals surface area contributed by atoms with Gasteiger partial charge in [0.15, 0.2) is 0 Å². The van der Waals surface area contributed by atoms with E-state index in [1.165, 1.54) is 0 Å². The molecule has 0 unspecified atom stereocenters. The molecule has 0 amide bonds. The van der Waals surface area contributed by atoms with Crippen LogP contribution in [0.2, 0.25) is 0 Å². The summed E-state index contributed by atoms with van der Waals surface area (Å²) in [7, 11) is 0. The maximum atomic E-state index is 6.70. The van der Waals surface area contributed by atoms with E-state index in [-0.39, 0.29) is 6.10 Å². The third-order valence-electron chi connectivity index (χ3n) is 5.88. The summed E-state index contributed by atoms with van der Waals surface area (Å²) < 4.78 is 34.5. The molecule has 0 aliphatic carbocycles. The summed E-state index contributed by atoms with van der Waals surface area (Å²) in [6, 6.07) is 31.1. The highest BCUT2D eigenvalue weighted by atomic mass is 16.6. The highest BCUT2D eigenvalue weighted by Gasteiger charge is 2.37. The van der Waals surface area contributed by atoms with Gasteiger partial charge in [0.25, 0.3) is 0 Å². The van der Waals surface area contributed by atoms with Gasteiger partial charge in [-0.3, -0.25) is 0 Å². The Kier molecular flexibility index (Phi) is 14.1. The third kappa shape index (κ3) is 9.95. The third-order valence-corrected chi connectivity index (χ3v) is 5.88. The van der Waals surface area contributed by atoms with E-state index in [2.05, 4.69) is 36.4 Å². The van der Waals surface area contributed by atoms with Gasteiger partial charge in [-0.25, -0.2) is 0 Å². The first kappa shape index (κ1) is 30.0. The molecule has 0 fully saturated rings. The van der Waals surface area contributed by atoms with Gasteiger partial charge in [0.1, 0.15) is 5.60 Å². The first-order chi connectivity index (χ1) is 18.7. The molecule has 0 aliphatic heterocycles. The molecule has 6 nitrogen and oxygen atoms in total. The van der Waals surface area contributed by atoms with E-state index >= 15 is 0 Å². The van der Waals surface area contributed by atoms with Crippen LogP contribution in [0.4, 0.5) is 0 Å². The van der Waals surface area contributed by atoms with Gasteiger partial charge in [-0.15, -0.1) is 0 Å². The SMILES string of the molecule is CC(C)OCCOCCOCCOCCOCCOC(c1ccccc1)(c1ccccc1)c1ccccc1. The summed E-state index contributed by atoms with van der Waals surface area (Å²) in [5, 5.41) is 0. The van der Waals surface area contributed by atoms with Gasteiger partial charge in [0, 0.05) is 0 Å². The molecule has 206 valence electrons. The van der Waals surface area contributed by atoms with Crippen molar-refractivity contribution >= 4 is 0 Å². The van der Waals surface area contributed by atoms with Gasteiger partial charge < -0.3 is 28.4 Å². The van der Waals surface area contributed by atoms with Crippen molar-refractivity contribution in [1.82, 2.24) is 0 Å². The smallest absolute Gasteiger partial charge is 0.143 e. The predicted octanol–water partition coefficient (Wildman–Crippen LogP) is 5.49. The Morgan fingerprint density at radius 1 is 0.447 bits per heavy atom. The maximum Gasteiger partial charge on any atom is 0.143 e. The van der Waals surface area contributed by atoms with Crippen LogP contribution in [-0.2, 0) is 34.0 Å². The van der Waals surface area contributed by atoms with Crippen LogP contribution in [0.5, 0.6) is 0 Å². The number of rotatable bonds is 20. The zero-order valence-corrected chi connectivity index (χ0v) is 22.8. The topological polar surface area (TPSA) is 55.4 Å². The van der Waals surface area contributed by atoms with Crippen molar-refractivity contribution in [1.29, 1.82) is 0 Å². The van der Waals surface area contributed by atoms with Crippen LogP contribution < -0.4 is 0 Å². The fourth-order valence-electron chi connectivity index (χ4n) is 4.13. The minimum Gasteiger partial charge on any atom is -0.377 e. The van der Waals surface area contributed by atoms with E-state index in [9.17, 15) is 0 Å². The summed E-state index contributed by atoms with van der Waals surface area (Å²) in [6.45, 7) is 9.28. The van der Waals surface area contributed by atoms with Gasteiger partial charge in [-0.1, -0.05) is 91.0 Å². The Hall–Kier alpha value is -2.58. The van der Waals surface area contributed by atoms with E-state index in [0.717, 1.165) is 16.7 Å². The standard InChI is InChI=1S/C32H42O6/c1-28(2)37-26-24-35-22-20-33-18-19-34-21-23-36-25-27-38-32(29-12-6-3-7-13-29,30-14-8-4-9-15-30)31-16-10-5-11-17-31/h3-17,28H,18-27H2,1-2H3. The van der Waals surface area contributed by atoms with Crippen molar-refractivity contribution in [2.75, 3.05) is 66.1 Å². The number of ether oxygens (including phenoxy) is 6. The summed E-state index contributed by atoms with van der Waals surface area (Å²) in [6.07, 6.45) is 0.231. The Morgan fingerprint density at radius 3 is 1.11 bits per heavy atom. The van der Waals surface area contributed by atoms with Crippen molar-refractivity contribution in [2.24, 2.45) is 0 Å². The van der Waals surface area contributed by atoms with Crippen LogP contribution in [0.25, 0.3) is 0 Å². The quantitative estimate of drug-likeness (QED) is 0.145. The van der Waals surface area contributed by atoms with Crippen LogP contribution >= 0.6 is 0 Å². The molecule has 3 rings (SSSR count). The number of benzene rings is 3. The van der Waals surface area contributed by atoms with Crippen LogP contribution in [0.15, 0.2) is 91.0 Å². The number of hydrogen-bond acceptors (Lipinski definition) is 6. The lowest BCUT2D eigenvalue weighted by atomic mass is 9.80. The van der Waals surface area contributed by atoms with Crippen molar-refractivity contribution < 1.29 is 28.4 Å². The summed E-state index contributed by atoms with van der Waals surface area (Å²) in [5.41, 5.74) is 2.51. The maximum absolute atomic E-state index is 6.70. The molecule has 0 N–H and O–H groups in total. The zero-order valence-electron chi connectivity index (χ0n) is 22.8. The molecule has 3 aromatic rings. The second-order valence-electron chi connectivity index (χ2n) is 9.00. The van der Waals surface area contributed by atoms with E-state index in [0.29, 0.717) is 66.1 Å². The van der Waals surface area contributed by atoms with E-state index in [1.807, 2.05) is 68.4 Å². The largest absolute Gasteiger partial charge is 0.377 e. The molecule has 38 heavy (non-hydrogen) atoms. The fraction of sp³-hybridized carbons (Fsp3) is 0.438. The van der Waals surface area contributed by atoms with Crippen LogP contribution in [-0.4, -0.2) is 72.2 Å². The van der Waals surface area contributed by atoms with Gasteiger partial charge in [-0.05, 0) is 30.5 Å². The van der Waals surface area contributed by atoms with Gasteiger partial charge in [-0.2, -0.15) is 0 Å². The molecule has 0 atom stereocenters. The lowest BCUT2D eigenvalue weighted by Crippen LogP contribution is -2.34. The van der Waals surface area contributed by atoms with Gasteiger partial charge in [0.05, 0.1) is 72.2 Å². The normalized spacial score (nSPS) is 11.8. The van der Waals surface area contributed by atoms with E-state index in [1.54, 1.807) is 0 Å². The molecule has 0 spiro atoms. The van der Waals surface area contributed by atoms with Gasteiger partial charge >= 0.3 is 0 Å². The highest BCUT2D eigenvalue weighted by Crippen LogP contribution is 2.40. The Balaban J connectivity index is 1.38. The van der Waals surface area contributed by atoms with Crippen LogP contribution in [0.3, 0.4) is 0 Å². The minimum atomic E-state index is -0.730. The molecule has 0 saturated carbocycles. The van der Waals surface area contributed by atoms with Crippen molar-refractivity contribution in [3.63, 3.8) is 0 Å². The van der Waals surface area contributed by atoms with Crippen molar-refractivity contribution in [3.05, 3.63) is 108 Å². The van der Waals surface area contributed by atoms with Crippen LogP contribution in [0, 0.1) is 0 Å². The monoisotopic (exact) mass is 522 g/mol. The molecule has 6 heteroatoms. The molecule has 0 aromatic heterocycles. The predicted molar refractivity (Wildman–Crippen MR) is 150 cm³/mol. The average Bonchev–Trinajstić information content (AvgIpc) is 2.96. The summed E-state index contributed by atoms with van der Waals surface area (Å²) >= 11 is 0. The van der Waals surface area contributed by atoms with Crippen LogP contribution in [0.1, 0.15) is 30.5 Å². The molecule has 0 aliphatic rings. The van der Waals surface area contributed by atoms with Gasteiger partial charge in [0.2, 0.25) is 0 Å². The Labute approximate surface area is 227 Å². The fourth-order valence-corrected chi connectivity index (χ4v) is 4.13. The number of hydrogen-bond donors (Lipinski definition) is 0. The first-order valence-electron chi connectivity index (χ1n) is 13.5. The molecule has 0 radical (unpaired) electrons. The Bertz CT molecular complexity index is 868. The molecular weight excluding hydrogens is 480 g/mol. The molecule has 0 bridgehead atoms. The zero-order chi connectivity index (χ0) is 26.7. The summed E-state index contributed by atoms with van der Waals surface area (Å²) in [4.78, 5) is 0. The minimum absolute atomic E-state index is 0.231. The Morgan fingerprint density at radius 2 is 0.763 bits per heavy atom. The average molecular weight is 523 g/mol. The summed E-state index contributed by atoms with van der Waals surface area (Å²) in [5.74, 6) is 0. The second kappa shape index (κ2) is 17.8. The molecule has 0 heterocycles. The van der Waals surface area contributed by atoms with Crippen molar-refractivity contribution in [3.8, 4) is 0 Å². The lowest BCUT2D eigenvalue weighted by Gasteiger charge is -2.36.